The molecule has 1 aromatic heterocycles. The van der Waals surface area contributed by atoms with Gasteiger partial charge in [-0.15, -0.1) is 0 Å². The van der Waals surface area contributed by atoms with Crippen LogP contribution in [0.1, 0.15) is 11.4 Å². The number of rotatable bonds is 8. The van der Waals surface area contributed by atoms with E-state index in [1.807, 2.05) is 25.9 Å². The Morgan fingerprint density at radius 3 is 2.75 bits per heavy atom. The van der Waals surface area contributed by atoms with Gasteiger partial charge in [-0.25, -0.2) is 4.98 Å². The number of H-pyrrole nitrogens is 1. The van der Waals surface area contributed by atoms with Gasteiger partial charge in [0.05, 0.1) is 18.6 Å². The number of carbonyl (C=O) groups is 1. The summed E-state index contributed by atoms with van der Waals surface area (Å²) in [6.07, 6.45) is 1.64. The summed E-state index contributed by atoms with van der Waals surface area (Å²) in [5.74, 6) is 0.499. The van der Waals surface area contributed by atoms with Crippen LogP contribution in [-0.2, 0) is 11.3 Å². The molecule has 2 rings (SSSR count). The second-order valence-electron chi connectivity index (χ2n) is 5.84. The first-order valence-corrected chi connectivity index (χ1v) is 8.13. The Hall–Kier alpha value is -2.05. The maximum Gasteiger partial charge on any atom is 0.260 e. The number of amides is 1. The average molecular weight is 351 g/mol. The van der Waals surface area contributed by atoms with E-state index < -0.39 is 0 Å². The van der Waals surface area contributed by atoms with E-state index in [1.54, 1.807) is 35.5 Å². The van der Waals surface area contributed by atoms with Crippen molar-refractivity contribution in [1.29, 1.82) is 0 Å². The van der Waals surface area contributed by atoms with Crippen molar-refractivity contribution in [3.63, 3.8) is 0 Å². The first-order chi connectivity index (χ1) is 11.5. The minimum Gasteiger partial charge on any atom is -0.484 e. The van der Waals surface area contributed by atoms with Crippen LogP contribution < -0.4 is 4.74 Å². The van der Waals surface area contributed by atoms with Gasteiger partial charge in [-0.3, -0.25) is 4.79 Å². The van der Waals surface area contributed by atoms with E-state index >= 15 is 0 Å². The summed E-state index contributed by atoms with van der Waals surface area (Å²) in [6, 6.07) is 7.02. The number of likely N-dealkylation sites (N-methyl/N-ethyl adjacent to an activating group) is 1. The molecule has 6 nitrogen and oxygen atoms in total. The summed E-state index contributed by atoms with van der Waals surface area (Å²) in [4.78, 5) is 23.7. The van der Waals surface area contributed by atoms with Crippen LogP contribution in [0.3, 0.4) is 0 Å². The lowest BCUT2D eigenvalue weighted by molar-refractivity contribution is -0.134. The molecule has 0 radical (unpaired) electrons. The zero-order valence-corrected chi connectivity index (χ0v) is 15.0. The van der Waals surface area contributed by atoms with E-state index in [0.717, 1.165) is 17.9 Å². The predicted octanol–water partition coefficient (Wildman–Crippen LogP) is 2.34. The molecule has 1 aromatic carbocycles. The van der Waals surface area contributed by atoms with Crippen molar-refractivity contribution in [3.05, 3.63) is 47.0 Å². The Morgan fingerprint density at radius 2 is 2.12 bits per heavy atom. The third-order valence-corrected chi connectivity index (χ3v) is 3.84. The normalized spacial score (nSPS) is 10.9. The lowest BCUT2D eigenvalue weighted by atomic mass is 10.3. The van der Waals surface area contributed by atoms with E-state index in [0.29, 0.717) is 23.9 Å². The molecule has 24 heavy (non-hydrogen) atoms. The van der Waals surface area contributed by atoms with Crippen LogP contribution >= 0.6 is 11.6 Å². The Morgan fingerprint density at radius 1 is 1.33 bits per heavy atom. The van der Waals surface area contributed by atoms with Crippen LogP contribution in [-0.4, -0.2) is 59.5 Å². The standard InChI is InChI=1S/C17H23ClN4O2/c1-13-16(20-12-19-13)10-22(8-7-21(2)3)17(23)11-24-15-6-4-5-14(18)9-15/h4-6,9,12H,7-8,10-11H2,1-3H3,(H,19,20). The Kier molecular flexibility index (Phi) is 6.63. The summed E-state index contributed by atoms with van der Waals surface area (Å²) in [6.45, 7) is 3.75. The van der Waals surface area contributed by atoms with Gasteiger partial charge < -0.3 is 19.5 Å². The molecule has 130 valence electrons. The molecule has 0 fully saturated rings. The van der Waals surface area contributed by atoms with Crippen molar-refractivity contribution >= 4 is 17.5 Å². The summed E-state index contributed by atoms with van der Waals surface area (Å²) in [5, 5.41) is 0.580. The van der Waals surface area contributed by atoms with Crippen LogP contribution in [0.4, 0.5) is 0 Å². The number of aromatic amines is 1. The van der Waals surface area contributed by atoms with Gasteiger partial charge in [-0.05, 0) is 39.2 Å². The van der Waals surface area contributed by atoms with Crippen LogP contribution in [0.5, 0.6) is 5.75 Å². The fourth-order valence-corrected chi connectivity index (χ4v) is 2.31. The highest BCUT2D eigenvalue weighted by atomic mass is 35.5. The molecule has 1 N–H and O–H groups in total. The lowest BCUT2D eigenvalue weighted by Crippen LogP contribution is -2.39. The zero-order chi connectivity index (χ0) is 17.5. The molecule has 0 spiro atoms. The van der Waals surface area contributed by atoms with E-state index in [-0.39, 0.29) is 12.5 Å². The lowest BCUT2D eigenvalue weighted by Gasteiger charge is -2.24. The molecule has 7 heteroatoms. The molecule has 0 atom stereocenters. The maximum atomic E-state index is 12.6. The fourth-order valence-electron chi connectivity index (χ4n) is 2.13. The van der Waals surface area contributed by atoms with Crippen LogP contribution in [0.2, 0.25) is 5.02 Å². The molecule has 0 aliphatic heterocycles. The predicted molar refractivity (Wildman–Crippen MR) is 94.2 cm³/mol. The Bertz CT molecular complexity index is 672. The average Bonchev–Trinajstić information content (AvgIpc) is 2.94. The first-order valence-electron chi connectivity index (χ1n) is 7.75. The van der Waals surface area contributed by atoms with Gasteiger partial charge in [0.1, 0.15) is 5.75 Å². The Balaban J connectivity index is 1.99. The fraction of sp³-hybridized carbons (Fsp3) is 0.412. The molecule has 2 aromatic rings. The van der Waals surface area contributed by atoms with Crippen molar-refractivity contribution in [1.82, 2.24) is 19.8 Å². The summed E-state index contributed by atoms with van der Waals surface area (Å²) < 4.78 is 5.57. The van der Waals surface area contributed by atoms with Gasteiger partial charge in [0, 0.05) is 23.8 Å². The minimum absolute atomic E-state index is 0.0305. The number of aryl methyl sites for hydroxylation is 1. The van der Waals surface area contributed by atoms with E-state index in [9.17, 15) is 4.79 Å². The number of nitrogens with one attached hydrogen (secondary N) is 1. The maximum absolute atomic E-state index is 12.6. The highest BCUT2D eigenvalue weighted by molar-refractivity contribution is 6.30. The zero-order valence-electron chi connectivity index (χ0n) is 14.3. The monoisotopic (exact) mass is 350 g/mol. The van der Waals surface area contributed by atoms with Gasteiger partial charge in [0.15, 0.2) is 6.61 Å². The molecule has 1 heterocycles. The van der Waals surface area contributed by atoms with Crippen molar-refractivity contribution < 1.29 is 9.53 Å². The molecular weight excluding hydrogens is 328 g/mol. The molecule has 1 amide bonds. The number of hydrogen-bond donors (Lipinski definition) is 1. The van der Waals surface area contributed by atoms with Gasteiger partial charge in [0.2, 0.25) is 0 Å². The summed E-state index contributed by atoms with van der Waals surface area (Å²) >= 11 is 5.93. The topological polar surface area (TPSA) is 61.5 Å². The SMILES string of the molecule is Cc1[nH]cnc1CN(CCN(C)C)C(=O)COc1cccc(Cl)c1. The molecule has 0 saturated carbocycles. The summed E-state index contributed by atoms with van der Waals surface area (Å²) in [7, 11) is 3.95. The molecule has 0 unspecified atom stereocenters. The van der Waals surface area contributed by atoms with Crippen LogP contribution in [0.15, 0.2) is 30.6 Å². The second-order valence-corrected chi connectivity index (χ2v) is 6.28. The highest BCUT2D eigenvalue weighted by Crippen LogP contribution is 2.17. The van der Waals surface area contributed by atoms with Gasteiger partial charge in [0.25, 0.3) is 5.91 Å². The number of aromatic nitrogens is 2. The van der Waals surface area contributed by atoms with Crippen molar-refractivity contribution in [2.45, 2.75) is 13.5 Å². The van der Waals surface area contributed by atoms with E-state index in [2.05, 4.69) is 9.97 Å². The Labute approximate surface area is 147 Å². The third-order valence-electron chi connectivity index (χ3n) is 3.60. The quantitative estimate of drug-likeness (QED) is 0.793. The third kappa shape index (κ3) is 5.54. The molecule has 0 aliphatic rings. The first kappa shape index (κ1) is 18.3. The van der Waals surface area contributed by atoms with Crippen molar-refractivity contribution in [2.75, 3.05) is 33.8 Å². The number of benzene rings is 1. The summed E-state index contributed by atoms with van der Waals surface area (Å²) in [5.41, 5.74) is 1.83. The van der Waals surface area contributed by atoms with Gasteiger partial charge in [-0.2, -0.15) is 0 Å². The number of carbonyl (C=O) groups excluding carboxylic acids is 1. The number of imidazole rings is 1. The van der Waals surface area contributed by atoms with Gasteiger partial charge >= 0.3 is 0 Å². The number of hydrogen-bond acceptors (Lipinski definition) is 4. The molecule has 0 bridgehead atoms. The van der Waals surface area contributed by atoms with E-state index in [4.69, 9.17) is 16.3 Å². The van der Waals surface area contributed by atoms with Crippen LogP contribution in [0, 0.1) is 6.92 Å². The number of ether oxygens (including phenoxy) is 1. The van der Waals surface area contributed by atoms with Crippen molar-refractivity contribution in [2.24, 2.45) is 0 Å². The molecule has 0 aliphatic carbocycles. The number of halogens is 1. The van der Waals surface area contributed by atoms with Crippen molar-refractivity contribution in [3.8, 4) is 5.75 Å². The van der Waals surface area contributed by atoms with Gasteiger partial charge in [-0.1, -0.05) is 17.7 Å². The van der Waals surface area contributed by atoms with E-state index in [1.165, 1.54) is 0 Å². The minimum atomic E-state index is -0.0841. The number of nitrogens with zero attached hydrogens (tertiary/aromatic N) is 3. The van der Waals surface area contributed by atoms with Crippen LogP contribution in [0.25, 0.3) is 0 Å². The smallest absolute Gasteiger partial charge is 0.260 e. The molecular formula is C17H23ClN4O2. The largest absolute Gasteiger partial charge is 0.484 e. The molecule has 0 saturated heterocycles. The highest BCUT2D eigenvalue weighted by Gasteiger charge is 2.17. The second kappa shape index (κ2) is 8.70.